The second-order valence-electron chi connectivity index (χ2n) is 29.8. The number of hydrogen-bond acceptors (Lipinski definition) is 3. The molecule has 75 heavy (non-hydrogen) atoms. The molecule has 14 rings (SSSR count). The zero-order valence-corrected chi connectivity index (χ0v) is 48.2. The molecule has 0 amide bonds. The number of aromatic nitrogens is 1. The fraction of sp³-hybridized carbons (Fsp3) is 0.457. The lowest BCUT2D eigenvalue weighted by atomic mass is 9.33. The van der Waals surface area contributed by atoms with Crippen LogP contribution in [0.4, 0.5) is 28.4 Å². The van der Waals surface area contributed by atoms with Gasteiger partial charge < -0.3 is 18.8 Å². The van der Waals surface area contributed by atoms with Crippen LogP contribution in [0.1, 0.15) is 201 Å². The van der Waals surface area contributed by atoms with E-state index in [1.165, 1.54) is 151 Å². The minimum absolute atomic E-state index is 0.0262. The predicted molar refractivity (Wildman–Crippen MR) is 321 cm³/mol. The maximum atomic E-state index is 7.17. The van der Waals surface area contributed by atoms with Crippen molar-refractivity contribution in [2.45, 2.75) is 206 Å². The monoisotopic (exact) mass is 990 g/mol. The van der Waals surface area contributed by atoms with Crippen LogP contribution in [-0.2, 0) is 37.9 Å². The topological polar surface area (TPSA) is 24.6 Å². The van der Waals surface area contributed by atoms with Crippen molar-refractivity contribution < 1.29 is 4.42 Å². The third-order valence-corrected chi connectivity index (χ3v) is 21.3. The van der Waals surface area contributed by atoms with Crippen LogP contribution >= 0.6 is 0 Å². The average Bonchev–Trinajstić information content (AvgIpc) is 4.09. The highest BCUT2D eigenvalue weighted by Crippen LogP contribution is 2.63. The molecule has 0 saturated heterocycles. The smallest absolute Gasteiger partial charge is 0.252 e. The van der Waals surface area contributed by atoms with Gasteiger partial charge in [0.1, 0.15) is 11.1 Å². The Bertz CT molecular complexity index is 3740. The molecular formula is C70H80BN3O. The van der Waals surface area contributed by atoms with Crippen LogP contribution in [0.2, 0.25) is 0 Å². The second kappa shape index (κ2) is 14.7. The first-order valence-electron chi connectivity index (χ1n) is 28.9. The second-order valence-corrected chi connectivity index (χ2v) is 29.8. The normalized spacial score (nSPS) is 23.3. The van der Waals surface area contributed by atoms with Crippen LogP contribution < -0.4 is 26.2 Å². The van der Waals surface area contributed by atoms with Crippen molar-refractivity contribution in [3.63, 3.8) is 0 Å². The predicted octanol–water partition coefficient (Wildman–Crippen LogP) is 17.2. The van der Waals surface area contributed by atoms with Crippen molar-refractivity contribution in [1.29, 1.82) is 0 Å². The van der Waals surface area contributed by atoms with Crippen LogP contribution in [-0.4, -0.2) is 16.8 Å². The Labute approximate surface area is 448 Å². The van der Waals surface area contributed by atoms with E-state index >= 15 is 0 Å². The van der Waals surface area contributed by atoms with Crippen molar-refractivity contribution in [3.8, 4) is 5.69 Å². The zero-order chi connectivity index (χ0) is 52.7. The van der Waals surface area contributed by atoms with E-state index in [4.69, 9.17) is 4.42 Å². The summed E-state index contributed by atoms with van der Waals surface area (Å²) in [5.74, 6) is 0. The number of benzene rings is 6. The maximum Gasteiger partial charge on any atom is 0.252 e. The van der Waals surface area contributed by atoms with Gasteiger partial charge in [-0.2, -0.15) is 0 Å². The lowest BCUT2D eigenvalue weighted by Crippen LogP contribution is -2.64. The third-order valence-electron chi connectivity index (χ3n) is 21.3. The Morgan fingerprint density at radius 2 is 1.04 bits per heavy atom. The largest absolute Gasteiger partial charge is 0.454 e. The number of hydrogen-bond donors (Lipinski definition) is 0. The van der Waals surface area contributed by atoms with Gasteiger partial charge in [-0.3, -0.25) is 0 Å². The van der Waals surface area contributed by atoms with E-state index in [9.17, 15) is 0 Å². The van der Waals surface area contributed by atoms with Gasteiger partial charge in [-0.25, -0.2) is 0 Å². The van der Waals surface area contributed by atoms with Gasteiger partial charge in [0, 0.05) is 44.6 Å². The summed E-state index contributed by atoms with van der Waals surface area (Å²) in [7, 11) is 0. The molecule has 5 heteroatoms. The summed E-state index contributed by atoms with van der Waals surface area (Å²) in [6, 6.07) is 39.7. The summed E-state index contributed by atoms with van der Waals surface area (Å²) in [6.45, 7) is 39.5. The van der Waals surface area contributed by atoms with Gasteiger partial charge >= 0.3 is 0 Å². The molecule has 8 aromatic rings. The summed E-state index contributed by atoms with van der Waals surface area (Å²) < 4.78 is 9.85. The van der Waals surface area contributed by atoms with Gasteiger partial charge in [-0.15, -0.1) is 0 Å². The standard InChI is InChI=1S/C70H80BN3O/c1-63(2,3)41-33-47-59-53(35-41)71-54-36-42(64(4,5)6)34-52-61(54)74(70(16)28-20-19-27-69(52,70)15)56-40-45(39-55(58(56)71)73(59)60-46-21-17-18-22-57(46)75-62(47)60)72(43-23-25-48-50(37-43)67(11,12)31-29-65(48,7)8)44-24-26-49-51(38-44)68(13,14)32-30-66(49,9)10/h17-18,21-26,33-40H,19-20,27-32H2,1-16H3. The van der Waals surface area contributed by atoms with Crippen molar-refractivity contribution in [2.24, 2.45) is 0 Å². The quantitative estimate of drug-likeness (QED) is 0.165. The van der Waals surface area contributed by atoms with Gasteiger partial charge in [0.2, 0.25) is 0 Å². The van der Waals surface area contributed by atoms with E-state index in [0.717, 1.165) is 17.6 Å². The van der Waals surface area contributed by atoms with Crippen molar-refractivity contribution in [2.75, 3.05) is 9.80 Å². The molecule has 3 aliphatic carbocycles. The van der Waals surface area contributed by atoms with E-state index in [0.29, 0.717) is 0 Å². The van der Waals surface area contributed by atoms with E-state index in [-0.39, 0.29) is 50.2 Å². The number of rotatable bonds is 3. The molecule has 5 heterocycles. The van der Waals surface area contributed by atoms with Crippen molar-refractivity contribution in [1.82, 2.24) is 4.57 Å². The molecule has 4 nitrogen and oxygen atoms in total. The summed E-state index contributed by atoms with van der Waals surface area (Å²) in [4.78, 5) is 5.63. The SMILES string of the molecule is CC(C)(C)c1cc2c3c(c1)C1(C)CCCCC1(C)N3c1cc(N(c3ccc4c(c3)C(C)(C)CCC4(C)C)c3ccc4c(c3)C(C)(C)CCC4(C)C)cc3c1B2c1cc(C(C)(C)C)cc2c4oc5ccccc5c4n-3c12. The molecule has 0 radical (unpaired) electrons. The van der Waals surface area contributed by atoms with Crippen molar-refractivity contribution >= 4 is 84.5 Å². The maximum absolute atomic E-state index is 7.17. The summed E-state index contributed by atoms with van der Waals surface area (Å²) >= 11 is 0. The number of nitrogens with zero attached hydrogens (tertiary/aromatic N) is 3. The van der Waals surface area contributed by atoms with Crippen LogP contribution in [0, 0.1) is 0 Å². The molecule has 0 N–H and O–H groups in total. The lowest BCUT2D eigenvalue weighted by molar-refractivity contribution is 0.195. The van der Waals surface area contributed by atoms with Crippen LogP contribution in [0.25, 0.3) is 38.7 Å². The Morgan fingerprint density at radius 1 is 0.493 bits per heavy atom. The Morgan fingerprint density at radius 3 is 1.65 bits per heavy atom. The van der Waals surface area contributed by atoms with E-state index in [1.54, 1.807) is 5.56 Å². The average molecular weight is 990 g/mol. The summed E-state index contributed by atoms with van der Waals surface area (Å²) in [5.41, 5.74) is 26.9. The first-order valence-corrected chi connectivity index (χ1v) is 28.9. The van der Waals surface area contributed by atoms with Gasteiger partial charge in [0.15, 0.2) is 5.58 Å². The number of anilines is 5. The first kappa shape index (κ1) is 47.8. The molecule has 0 spiro atoms. The molecule has 1 fully saturated rings. The molecule has 2 atom stereocenters. The fourth-order valence-electron chi connectivity index (χ4n) is 16.2. The highest BCUT2D eigenvalue weighted by Gasteiger charge is 2.62. The van der Waals surface area contributed by atoms with Crippen molar-refractivity contribution in [3.05, 3.63) is 136 Å². The summed E-state index contributed by atoms with van der Waals surface area (Å²) in [5, 5.41) is 2.39. The minimum atomic E-state index is -0.138. The van der Waals surface area contributed by atoms with Crippen LogP contribution in [0.5, 0.6) is 0 Å². The molecule has 6 aliphatic rings. The highest BCUT2D eigenvalue weighted by molar-refractivity contribution is 7.00. The molecule has 384 valence electrons. The Hall–Kier alpha value is -5.68. The first-order chi connectivity index (χ1) is 35.1. The van der Waals surface area contributed by atoms with Gasteiger partial charge in [0.25, 0.3) is 6.71 Å². The molecule has 0 bridgehead atoms. The Kier molecular flexibility index (Phi) is 9.34. The molecule has 6 aromatic carbocycles. The van der Waals surface area contributed by atoms with Gasteiger partial charge in [-0.1, -0.05) is 159 Å². The summed E-state index contributed by atoms with van der Waals surface area (Å²) in [6.07, 6.45) is 9.54. The van der Waals surface area contributed by atoms with Crippen LogP contribution in [0.3, 0.4) is 0 Å². The molecule has 1 saturated carbocycles. The van der Waals surface area contributed by atoms with E-state index in [2.05, 4.69) is 222 Å². The van der Waals surface area contributed by atoms with Gasteiger partial charge in [0.05, 0.1) is 16.7 Å². The third kappa shape index (κ3) is 6.25. The van der Waals surface area contributed by atoms with E-state index in [1.807, 2.05) is 0 Å². The molecule has 3 aliphatic heterocycles. The molecular weight excluding hydrogens is 910 g/mol. The fourth-order valence-corrected chi connectivity index (χ4v) is 16.2. The number of para-hydroxylation sites is 1. The number of furan rings is 1. The van der Waals surface area contributed by atoms with E-state index < -0.39 is 0 Å². The van der Waals surface area contributed by atoms with Crippen LogP contribution in [0.15, 0.2) is 101 Å². The minimum Gasteiger partial charge on any atom is -0.454 e. The highest BCUT2D eigenvalue weighted by atomic mass is 16.3. The number of fused-ring (bicyclic) bond motifs is 14. The zero-order valence-electron chi connectivity index (χ0n) is 48.2. The molecule has 2 unspecified atom stereocenters. The van der Waals surface area contributed by atoms with Gasteiger partial charge in [-0.05, 0) is 188 Å². The Balaban J connectivity index is 1.16. The lowest BCUT2D eigenvalue weighted by Gasteiger charge is -2.52. The molecule has 2 aromatic heterocycles.